The van der Waals surface area contributed by atoms with Gasteiger partial charge in [0.1, 0.15) is 10.5 Å². The maximum Gasteiger partial charge on any atom is 0.272 e. The Morgan fingerprint density at radius 1 is 1.38 bits per heavy atom. The molecule has 1 aromatic carbocycles. The summed E-state index contributed by atoms with van der Waals surface area (Å²) in [5.74, 6) is -0.346. The number of rotatable bonds is 6. The second-order valence-corrected chi connectivity index (χ2v) is 7.59. The molecule has 0 unspecified atom stereocenters. The minimum Gasteiger partial charge on any atom is -0.351 e. The zero-order valence-corrected chi connectivity index (χ0v) is 16.0. The van der Waals surface area contributed by atoms with Gasteiger partial charge in [-0.15, -0.1) is 11.3 Å². The fraction of sp³-hybridized carbons (Fsp3) is 0.278. The molecule has 3 rings (SSSR count). The molecule has 1 amide bonds. The van der Waals surface area contributed by atoms with Crippen molar-refractivity contribution in [1.82, 2.24) is 14.9 Å². The molecule has 2 aromatic heterocycles. The Morgan fingerprint density at radius 2 is 2.19 bits per heavy atom. The number of thioether (sulfide) groups is 1. The summed E-state index contributed by atoms with van der Waals surface area (Å²) in [6.07, 6.45) is 0. The fourth-order valence-electron chi connectivity index (χ4n) is 2.44. The van der Waals surface area contributed by atoms with Gasteiger partial charge in [-0.1, -0.05) is 23.9 Å². The number of carbonyl (C=O) groups excluding carboxylic acids is 1. The van der Waals surface area contributed by atoms with Crippen LogP contribution >= 0.6 is 23.1 Å². The van der Waals surface area contributed by atoms with Gasteiger partial charge in [0.15, 0.2) is 5.16 Å². The highest BCUT2D eigenvalue weighted by molar-refractivity contribution is 7.99. The molecule has 26 heavy (non-hydrogen) atoms. The maximum absolute atomic E-state index is 13.5. The number of aromatic nitrogens is 2. The zero-order chi connectivity index (χ0) is 18.7. The highest BCUT2D eigenvalue weighted by Gasteiger charge is 2.13. The van der Waals surface area contributed by atoms with Gasteiger partial charge in [-0.05, 0) is 42.5 Å². The summed E-state index contributed by atoms with van der Waals surface area (Å²) >= 11 is 2.59. The van der Waals surface area contributed by atoms with Gasteiger partial charge in [0, 0.05) is 13.1 Å². The van der Waals surface area contributed by atoms with Crippen LogP contribution in [0.2, 0.25) is 0 Å². The number of amides is 1. The standard InChI is InChI=1S/C18H18FN3O2S2/c1-3-22-17(24)16-14(6-7-25-16)21-18(22)26-10-15(23)20-9-12-5-4-11(2)13(19)8-12/h4-8H,3,9-10H2,1-2H3,(H,20,23). The normalized spacial score (nSPS) is 11.0. The number of halogens is 1. The molecule has 2 heterocycles. The third kappa shape index (κ3) is 3.96. The molecule has 0 atom stereocenters. The van der Waals surface area contributed by atoms with E-state index in [4.69, 9.17) is 0 Å². The van der Waals surface area contributed by atoms with Crippen LogP contribution in [0.1, 0.15) is 18.1 Å². The van der Waals surface area contributed by atoms with Gasteiger partial charge in [-0.3, -0.25) is 14.2 Å². The summed E-state index contributed by atoms with van der Waals surface area (Å²) in [6, 6.07) is 6.69. The van der Waals surface area contributed by atoms with Crippen molar-refractivity contribution in [3.63, 3.8) is 0 Å². The van der Waals surface area contributed by atoms with Crippen LogP contribution in [0.4, 0.5) is 4.39 Å². The van der Waals surface area contributed by atoms with Crippen LogP contribution in [-0.4, -0.2) is 21.2 Å². The molecule has 0 radical (unpaired) electrons. The molecule has 3 aromatic rings. The molecular formula is C18H18FN3O2S2. The Hall–Kier alpha value is -2.19. The molecule has 0 saturated heterocycles. The largest absolute Gasteiger partial charge is 0.351 e. The molecule has 0 spiro atoms. The molecule has 0 saturated carbocycles. The molecule has 5 nitrogen and oxygen atoms in total. The highest BCUT2D eigenvalue weighted by atomic mass is 32.2. The fourth-order valence-corrected chi connectivity index (χ4v) is 4.11. The second kappa shape index (κ2) is 8.01. The molecule has 8 heteroatoms. The van der Waals surface area contributed by atoms with Crippen molar-refractivity contribution in [3.05, 3.63) is 56.9 Å². The van der Waals surface area contributed by atoms with E-state index in [2.05, 4.69) is 10.3 Å². The topological polar surface area (TPSA) is 64.0 Å². The molecule has 1 N–H and O–H groups in total. The van der Waals surface area contributed by atoms with E-state index >= 15 is 0 Å². The number of fused-ring (bicyclic) bond motifs is 1. The average molecular weight is 391 g/mol. The van der Waals surface area contributed by atoms with E-state index in [-0.39, 0.29) is 29.6 Å². The van der Waals surface area contributed by atoms with Gasteiger partial charge in [0.05, 0.1) is 11.3 Å². The first-order valence-corrected chi connectivity index (χ1v) is 9.98. The van der Waals surface area contributed by atoms with E-state index in [1.54, 1.807) is 29.7 Å². The third-order valence-electron chi connectivity index (χ3n) is 3.91. The lowest BCUT2D eigenvalue weighted by Gasteiger charge is -2.10. The lowest BCUT2D eigenvalue weighted by molar-refractivity contribution is -0.118. The van der Waals surface area contributed by atoms with Gasteiger partial charge in [0.2, 0.25) is 5.91 Å². The lowest BCUT2D eigenvalue weighted by Crippen LogP contribution is -2.26. The van der Waals surface area contributed by atoms with Crippen molar-refractivity contribution >= 4 is 39.2 Å². The first-order chi connectivity index (χ1) is 12.5. The number of hydrogen-bond acceptors (Lipinski definition) is 5. The zero-order valence-electron chi connectivity index (χ0n) is 14.4. The van der Waals surface area contributed by atoms with Crippen LogP contribution in [-0.2, 0) is 17.9 Å². The molecule has 0 aliphatic carbocycles. The predicted molar refractivity (Wildman–Crippen MR) is 103 cm³/mol. The summed E-state index contributed by atoms with van der Waals surface area (Å²) in [7, 11) is 0. The van der Waals surface area contributed by atoms with Gasteiger partial charge >= 0.3 is 0 Å². The summed E-state index contributed by atoms with van der Waals surface area (Å²) in [5.41, 5.74) is 1.85. The smallest absolute Gasteiger partial charge is 0.272 e. The average Bonchev–Trinajstić information content (AvgIpc) is 3.10. The minimum absolute atomic E-state index is 0.0782. The van der Waals surface area contributed by atoms with Crippen molar-refractivity contribution in [2.24, 2.45) is 0 Å². The van der Waals surface area contributed by atoms with Gasteiger partial charge in [-0.2, -0.15) is 0 Å². The number of aryl methyl sites for hydroxylation is 1. The van der Waals surface area contributed by atoms with Crippen molar-refractivity contribution in [1.29, 1.82) is 0 Å². The van der Waals surface area contributed by atoms with Crippen LogP contribution in [0.15, 0.2) is 39.6 Å². The first kappa shape index (κ1) is 18.6. The molecule has 0 aliphatic heterocycles. The van der Waals surface area contributed by atoms with E-state index in [0.717, 1.165) is 0 Å². The van der Waals surface area contributed by atoms with Gasteiger partial charge in [0.25, 0.3) is 5.56 Å². The Kier molecular flexibility index (Phi) is 5.73. The molecule has 0 bridgehead atoms. The monoisotopic (exact) mass is 391 g/mol. The van der Waals surface area contributed by atoms with Crippen LogP contribution in [0.3, 0.4) is 0 Å². The lowest BCUT2D eigenvalue weighted by atomic mass is 10.1. The molecule has 0 aliphatic rings. The summed E-state index contributed by atoms with van der Waals surface area (Å²) in [4.78, 5) is 29.0. The number of hydrogen-bond donors (Lipinski definition) is 1. The Balaban J connectivity index is 1.65. The van der Waals surface area contributed by atoms with Crippen molar-refractivity contribution in [2.75, 3.05) is 5.75 Å². The predicted octanol–water partition coefficient (Wildman–Crippen LogP) is 3.33. The molecular weight excluding hydrogens is 373 g/mol. The van der Waals surface area contributed by atoms with E-state index in [9.17, 15) is 14.0 Å². The van der Waals surface area contributed by atoms with Gasteiger partial charge in [-0.25, -0.2) is 9.37 Å². The van der Waals surface area contributed by atoms with Crippen molar-refractivity contribution in [2.45, 2.75) is 32.1 Å². The minimum atomic E-state index is -0.286. The van der Waals surface area contributed by atoms with E-state index < -0.39 is 0 Å². The quantitative estimate of drug-likeness (QED) is 0.517. The maximum atomic E-state index is 13.5. The van der Waals surface area contributed by atoms with Crippen LogP contribution in [0, 0.1) is 12.7 Å². The number of nitrogens with zero attached hydrogens (tertiary/aromatic N) is 2. The number of benzene rings is 1. The summed E-state index contributed by atoms with van der Waals surface area (Å²) in [5, 5.41) is 5.12. The molecule has 0 fully saturated rings. The Morgan fingerprint density at radius 3 is 2.92 bits per heavy atom. The van der Waals surface area contributed by atoms with E-state index in [1.165, 1.54) is 29.2 Å². The Labute approximate surface area is 158 Å². The summed E-state index contributed by atoms with van der Waals surface area (Å²) in [6.45, 7) is 4.32. The molecule has 136 valence electrons. The number of carbonyl (C=O) groups is 1. The third-order valence-corrected chi connectivity index (χ3v) is 5.77. The number of nitrogens with one attached hydrogen (secondary N) is 1. The van der Waals surface area contributed by atoms with E-state index in [0.29, 0.717) is 33.0 Å². The van der Waals surface area contributed by atoms with Crippen LogP contribution in [0.5, 0.6) is 0 Å². The van der Waals surface area contributed by atoms with Crippen molar-refractivity contribution in [3.8, 4) is 0 Å². The van der Waals surface area contributed by atoms with Gasteiger partial charge < -0.3 is 5.32 Å². The Bertz CT molecular complexity index is 1010. The van der Waals surface area contributed by atoms with Crippen LogP contribution < -0.4 is 10.9 Å². The second-order valence-electron chi connectivity index (χ2n) is 5.73. The first-order valence-electron chi connectivity index (χ1n) is 8.12. The number of thiophene rings is 1. The van der Waals surface area contributed by atoms with E-state index in [1.807, 2.05) is 12.3 Å². The van der Waals surface area contributed by atoms with Crippen LogP contribution in [0.25, 0.3) is 10.2 Å². The van der Waals surface area contributed by atoms with Crippen molar-refractivity contribution < 1.29 is 9.18 Å². The summed E-state index contributed by atoms with van der Waals surface area (Å²) < 4.78 is 15.7. The SMILES string of the molecule is CCn1c(SCC(=O)NCc2ccc(C)c(F)c2)nc2ccsc2c1=O. The highest BCUT2D eigenvalue weighted by Crippen LogP contribution is 2.20.